The number of benzene rings is 2. The first-order chi connectivity index (χ1) is 12.5. The smallest absolute Gasteiger partial charge is 0.338 e. The van der Waals surface area contributed by atoms with Gasteiger partial charge in [-0.05, 0) is 62.1 Å². The van der Waals surface area contributed by atoms with Crippen molar-refractivity contribution in [1.82, 2.24) is 0 Å². The van der Waals surface area contributed by atoms with Crippen molar-refractivity contribution in [3.8, 4) is 0 Å². The van der Waals surface area contributed by atoms with E-state index in [1.54, 1.807) is 0 Å². The van der Waals surface area contributed by atoms with Crippen molar-refractivity contribution in [2.75, 3.05) is 30.4 Å². The molecule has 1 fully saturated rings. The average molecular weight is 373 g/mol. The van der Waals surface area contributed by atoms with Gasteiger partial charge in [0.2, 0.25) is 0 Å². The number of piperidine rings is 1. The number of anilines is 2. The third kappa shape index (κ3) is 4.13. The minimum Gasteiger partial charge on any atom is -0.465 e. The zero-order valence-electron chi connectivity index (χ0n) is 15.5. The van der Waals surface area contributed by atoms with E-state index in [0.29, 0.717) is 11.6 Å². The van der Waals surface area contributed by atoms with Gasteiger partial charge in [0.15, 0.2) is 0 Å². The van der Waals surface area contributed by atoms with Gasteiger partial charge in [0.05, 0.1) is 12.7 Å². The molecule has 0 aromatic heterocycles. The Kier molecular flexibility index (Phi) is 5.72. The highest BCUT2D eigenvalue weighted by atomic mass is 35.5. The SMILES string of the molecule is COC(=O)c1cc(NC2CCN(c3cccc(Cl)c3)CC2)c(C)cc1C. The number of ether oxygens (including phenoxy) is 1. The zero-order chi connectivity index (χ0) is 18.7. The number of nitrogens with one attached hydrogen (secondary N) is 1. The Morgan fingerprint density at radius 3 is 2.54 bits per heavy atom. The third-order valence-electron chi connectivity index (χ3n) is 5.00. The fourth-order valence-corrected chi connectivity index (χ4v) is 3.70. The summed E-state index contributed by atoms with van der Waals surface area (Å²) < 4.78 is 4.89. The zero-order valence-corrected chi connectivity index (χ0v) is 16.3. The van der Waals surface area contributed by atoms with Crippen molar-refractivity contribution in [1.29, 1.82) is 0 Å². The van der Waals surface area contributed by atoms with E-state index in [9.17, 15) is 4.79 Å². The van der Waals surface area contributed by atoms with Gasteiger partial charge in [-0.2, -0.15) is 0 Å². The first-order valence-electron chi connectivity index (χ1n) is 8.94. The molecule has 0 aliphatic carbocycles. The maximum atomic E-state index is 11.9. The van der Waals surface area contributed by atoms with E-state index >= 15 is 0 Å². The summed E-state index contributed by atoms with van der Waals surface area (Å²) in [5.41, 5.74) is 4.90. The van der Waals surface area contributed by atoms with Crippen LogP contribution in [0.15, 0.2) is 36.4 Å². The molecule has 2 aromatic carbocycles. The van der Waals surface area contributed by atoms with Crippen LogP contribution in [0.25, 0.3) is 0 Å². The van der Waals surface area contributed by atoms with Crippen molar-refractivity contribution < 1.29 is 9.53 Å². The average Bonchev–Trinajstić information content (AvgIpc) is 2.64. The quantitative estimate of drug-likeness (QED) is 0.781. The monoisotopic (exact) mass is 372 g/mol. The Morgan fingerprint density at radius 1 is 1.15 bits per heavy atom. The van der Waals surface area contributed by atoms with Crippen LogP contribution in [0, 0.1) is 13.8 Å². The number of carbonyl (C=O) groups excluding carboxylic acids is 1. The molecule has 1 heterocycles. The predicted molar refractivity (Wildman–Crippen MR) is 108 cm³/mol. The lowest BCUT2D eigenvalue weighted by atomic mass is 10.0. The highest BCUT2D eigenvalue weighted by Gasteiger charge is 2.21. The molecular weight excluding hydrogens is 348 g/mol. The molecule has 0 spiro atoms. The summed E-state index contributed by atoms with van der Waals surface area (Å²) >= 11 is 6.11. The number of hydrogen-bond donors (Lipinski definition) is 1. The molecule has 138 valence electrons. The molecular formula is C21H25ClN2O2. The van der Waals surface area contributed by atoms with E-state index < -0.39 is 0 Å². The maximum absolute atomic E-state index is 11.9. The van der Waals surface area contributed by atoms with Crippen molar-refractivity contribution in [2.24, 2.45) is 0 Å². The summed E-state index contributed by atoms with van der Waals surface area (Å²) in [6.45, 7) is 5.96. The van der Waals surface area contributed by atoms with Crippen molar-refractivity contribution in [3.63, 3.8) is 0 Å². The molecule has 5 heteroatoms. The van der Waals surface area contributed by atoms with Gasteiger partial charge in [-0.3, -0.25) is 0 Å². The molecule has 1 aliphatic rings. The van der Waals surface area contributed by atoms with Gasteiger partial charge in [-0.25, -0.2) is 4.79 Å². The molecule has 1 saturated heterocycles. The van der Waals surface area contributed by atoms with Gasteiger partial charge >= 0.3 is 5.97 Å². The molecule has 26 heavy (non-hydrogen) atoms. The van der Waals surface area contributed by atoms with Crippen LogP contribution in [0.1, 0.15) is 34.3 Å². The lowest BCUT2D eigenvalue weighted by Gasteiger charge is -2.34. The van der Waals surface area contributed by atoms with E-state index in [4.69, 9.17) is 16.3 Å². The molecule has 0 atom stereocenters. The lowest BCUT2D eigenvalue weighted by molar-refractivity contribution is 0.0600. The largest absolute Gasteiger partial charge is 0.465 e. The van der Waals surface area contributed by atoms with E-state index in [1.165, 1.54) is 12.8 Å². The highest BCUT2D eigenvalue weighted by Crippen LogP contribution is 2.27. The van der Waals surface area contributed by atoms with Gasteiger partial charge in [0.25, 0.3) is 0 Å². The number of esters is 1. The molecule has 1 N–H and O–H groups in total. The van der Waals surface area contributed by atoms with Gasteiger partial charge in [0.1, 0.15) is 0 Å². The van der Waals surface area contributed by atoms with E-state index in [-0.39, 0.29) is 5.97 Å². The van der Waals surface area contributed by atoms with Crippen LogP contribution in [0.3, 0.4) is 0 Å². The molecule has 0 amide bonds. The lowest BCUT2D eigenvalue weighted by Crippen LogP contribution is -2.39. The van der Waals surface area contributed by atoms with Gasteiger partial charge in [0, 0.05) is 35.5 Å². The topological polar surface area (TPSA) is 41.6 Å². The summed E-state index contributed by atoms with van der Waals surface area (Å²) in [4.78, 5) is 14.3. The number of rotatable bonds is 4. The number of halogens is 1. The number of aryl methyl sites for hydroxylation is 2. The van der Waals surface area contributed by atoms with Crippen LogP contribution >= 0.6 is 11.6 Å². The van der Waals surface area contributed by atoms with Gasteiger partial charge < -0.3 is 15.0 Å². The summed E-state index contributed by atoms with van der Waals surface area (Å²) in [7, 11) is 1.42. The number of methoxy groups -OCH3 is 1. The molecule has 1 aliphatic heterocycles. The van der Waals surface area contributed by atoms with Crippen molar-refractivity contribution in [3.05, 3.63) is 58.1 Å². The number of hydrogen-bond acceptors (Lipinski definition) is 4. The van der Waals surface area contributed by atoms with Crippen LogP contribution in [-0.4, -0.2) is 32.2 Å². The standard InChI is InChI=1S/C21H25ClN2O2/c1-14-11-15(2)20(13-19(14)21(25)26-3)23-17-7-9-24(10-8-17)18-6-4-5-16(22)12-18/h4-6,11-13,17,23H,7-10H2,1-3H3. The molecule has 0 unspecified atom stereocenters. The normalized spacial score (nSPS) is 15.0. The Morgan fingerprint density at radius 2 is 1.88 bits per heavy atom. The molecule has 0 bridgehead atoms. The second kappa shape index (κ2) is 8.00. The Hall–Kier alpha value is -2.20. The fraction of sp³-hybridized carbons (Fsp3) is 0.381. The number of carbonyl (C=O) groups is 1. The molecule has 3 rings (SSSR count). The first-order valence-corrected chi connectivity index (χ1v) is 9.32. The van der Waals surface area contributed by atoms with E-state index in [2.05, 4.69) is 23.2 Å². The molecule has 0 radical (unpaired) electrons. The molecule has 4 nitrogen and oxygen atoms in total. The molecule has 2 aromatic rings. The van der Waals surface area contributed by atoms with Crippen LogP contribution in [0.2, 0.25) is 5.02 Å². The summed E-state index contributed by atoms with van der Waals surface area (Å²) in [5, 5.41) is 4.39. The maximum Gasteiger partial charge on any atom is 0.338 e. The minimum absolute atomic E-state index is 0.290. The van der Waals surface area contributed by atoms with Crippen LogP contribution < -0.4 is 10.2 Å². The van der Waals surface area contributed by atoms with Gasteiger partial charge in [-0.15, -0.1) is 0 Å². The Bertz CT molecular complexity index is 799. The van der Waals surface area contributed by atoms with Crippen molar-refractivity contribution >= 4 is 28.9 Å². The van der Waals surface area contributed by atoms with Crippen LogP contribution in [0.5, 0.6) is 0 Å². The highest BCUT2D eigenvalue weighted by molar-refractivity contribution is 6.30. The number of nitrogens with zero attached hydrogens (tertiary/aromatic N) is 1. The summed E-state index contributed by atoms with van der Waals surface area (Å²) in [5.74, 6) is -0.290. The first kappa shape index (κ1) is 18.6. The third-order valence-corrected chi connectivity index (χ3v) is 5.24. The Labute approximate surface area is 160 Å². The molecule has 0 saturated carbocycles. The second-order valence-corrected chi connectivity index (χ2v) is 7.30. The Balaban J connectivity index is 1.67. The second-order valence-electron chi connectivity index (χ2n) is 6.86. The van der Waals surface area contributed by atoms with E-state index in [0.717, 1.165) is 47.8 Å². The van der Waals surface area contributed by atoms with Crippen LogP contribution in [0.4, 0.5) is 11.4 Å². The minimum atomic E-state index is -0.290. The summed E-state index contributed by atoms with van der Waals surface area (Å²) in [6.07, 6.45) is 2.07. The van der Waals surface area contributed by atoms with Crippen molar-refractivity contribution in [2.45, 2.75) is 32.7 Å². The van der Waals surface area contributed by atoms with Gasteiger partial charge in [-0.1, -0.05) is 23.7 Å². The summed E-state index contributed by atoms with van der Waals surface area (Å²) in [6, 6.07) is 12.4. The fourth-order valence-electron chi connectivity index (χ4n) is 3.51. The predicted octanol–water partition coefficient (Wildman–Crippen LogP) is 4.82. The van der Waals surface area contributed by atoms with Crippen LogP contribution in [-0.2, 0) is 4.74 Å². The van der Waals surface area contributed by atoms with E-state index in [1.807, 2.05) is 37.3 Å².